The smallest absolute Gasteiger partial charge is 0.264 e. The van der Waals surface area contributed by atoms with Crippen molar-refractivity contribution in [3.8, 4) is 5.75 Å². The van der Waals surface area contributed by atoms with E-state index in [0.717, 1.165) is 48.6 Å². The van der Waals surface area contributed by atoms with Gasteiger partial charge in [-0.1, -0.05) is 43.6 Å². The summed E-state index contributed by atoms with van der Waals surface area (Å²) in [5.41, 5.74) is 4.49. The Morgan fingerprint density at radius 2 is 1.67 bits per heavy atom. The zero-order chi connectivity index (χ0) is 49.2. The Balaban J connectivity index is 0.811. The Hall–Kier alpha value is -5.79. The fourth-order valence-corrected chi connectivity index (χ4v) is 10.1. The molecule has 1 aromatic heterocycles. The molecule has 3 aliphatic heterocycles. The number of benzene rings is 3. The molecule has 0 aliphatic carbocycles. The topological polar surface area (TPSA) is 205 Å². The van der Waals surface area contributed by atoms with E-state index in [4.69, 9.17) is 30.8 Å². The van der Waals surface area contributed by atoms with E-state index in [1.54, 1.807) is 18.2 Å². The van der Waals surface area contributed by atoms with Crippen molar-refractivity contribution in [3.63, 3.8) is 0 Å². The molecule has 0 saturated carbocycles. The first kappa shape index (κ1) is 51.1. The van der Waals surface area contributed by atoms with E-state index in [2.05, 4.69) is 61.4 Å². The van der Waals surface area contributed by atoms with Gasteiger partial charge >= 0.3 is 0 Å². The molecule has 2 unspecified atom stereocenters. The number of hydrogen-bond donors (Lipinski definition) is 5. The summed E-state index contributed by atoms with van der Waals surface area (Å²) in [6.07, 6.45) is 4.54. The summed E-state index contributed by atoms with van der Waals surface area (Å²) in [6.45, 7) is 15.0. The van der Waals surface area contributed by atoms with Gasteiger partial charge in [-0.15, -0.1) is 0 Å². The number of likely N-dealkylation sites (tertiary alicyclic amines) is 1. The summed E-state index contributed by atoms with van der Waals surface area (Å²) in [4.78, 5) is 64.6. The van der Waals surface area contributed by atoms with E-state index >= 15 is 0 Å². The lowest BCUT2D eigenvalue weighted by molar-refractivity contribution is -0.126. The highest BCUT2D eigenvalue weighted by Crippen LogP contribution is 2.39. The number of para-hydroxylation sites is 1. The van der Waals surface area contributed by atoms with Crippen LogP contribution in [0.1, 0.15) is 91.1 Å². The van der Waals surface area contributed by atoms with Crippen LogP contribution in [-0.2, 0) is 28.6 Å². The molecule has 370 valence electrons. The van der Waals surface area contributed by atoms with Gasteiger partial charge in [0.1, 0.15) is 16.8 Å². The zero-order valence-corrected chi connectivity index (χ0v) is 41.6. The van der Waals surface area contributed by atoms with Gasteiger partial charge in [0.25, 0.3) is 11.8 Å². The third kappa shape index (κ3) is 12.5. The number of amides is 4. The van der Waals surface area contributed by atoms with E-state index < -0.39 is 27.4 Å². The van der Waals surface area contributed by atoms with Crippen molar-refractivity contribution in [2.75, 3.05) is 81.6 Å². The van der Waals surface area contributed by atoms with E-state index in [9.17, 15) is 23.4 Å². The van der Waals surface area contributed by atoms with Crippen LogP contribution in [-0.4, -0.2) is 137 Å². The number of aromatic nitrogens is 2. The molecule has 2 atom stereocenters. The maximum Gasteiger partial charge on any atom is 0.264 e. The van der Waals surface area contributed by atoms with E-state index in [-0.39, 0.29) is 40.8 Å². The van der Waals surface area contributed by atoms with Crippen LogP contribution in [0.3, 0.4) is 0 Å². The standard InChI is InChI=1S/C50H64ClN9O8S/c1-31(2)68-42-28-36(33(5)27-40(42)57-50-55-29-37(51)46(58-50)56-38-12-7-8-15-43(38)69(6,65)32(3)4)34-16-20-59(21-17-34)22-24-67-26-25-66-23-19-52-44(61)30-54-39-13-9-11-35-45(39)49(64)60(48(35)63)41-14-10-18-53-47(41)62/h7-9,11-13,15,27-29,31-32,34,41,54H,6,10,14,16-26,30H2,1-5H3,(H,52,61)(H,53,62)(H2,55,56,57,58). The van der Waals surface area contributed by atoms with Crippen LogP contribution in [0.4, 0.5) is 28.8 Å². The van der Waals surface area contributed by atoms with Crippen LogP contribution < -0.4 is 31.3 Å². The highest BCUT2D eigenvalue weighted by Gasteiger charge is 2.44. The molecule has 3 aromatic carbocycles. The van der Waals surface area contributed by atoms with E-state index in [0.29, 0.717) is 97.1 Å². The Bertz CT molecular complexity index is 2620. The molecule has 4 aromatic rings. The maximum atomic E-state index is 13.5. The number of hydrogen-bond acceptors (Lipinski definition) is 14. The molecule has 3 aliphatic rings. The van der Waals surface area contributed by atoms with Gasteiger partial charge < -0.3 is 45.7 Å². The number of rotatable bonds is 22. The molecule has 2 fully saturated rings. The Labute approximate surface area is 409 Å². The SMILES string of the molecule is C=S(=O)(c1ccccc1Nc1nc(Nc2cc(C)c(C3CCN(CCOCCOCCNC(=O)CNc4cccc5c4C(=O)N(C4CCCNC4=O)C5=O)CC3)cc2OC(C)C)ncc1Cl)C(C)C. The molecule has 0 spiro atoms. The van der Waals surface area contributed by atoms with Crippen LogP contribution in [0, 0.1) is 6.92 Å². The minimum absolute atomic E-state index is 0.0696. The normalized spacial score (nSPS) is 17.4. The van der Waals surface area contributed by atoms with Crippen LogP contribution >= 0.6 is 11.6 Å². The molecule has 4 heterocycles. The largest absolute Gasteiger partial charge is 0.489 e. The number of ether oxygens (including phenoxy) is 3. The molecule has 7 rings (SSSR count). The van der Waals surface area contributed by atoms with Crippen molar-refractivity contribution in [1.82, 2.24) is 30.4 Å². The number of fused-ring (bicyclic) bond motifs is 1. The zero-order valence-electron chi connectivity index (χ0n) is 40.0. The lowest BCUT2D eigenvalue weighted by Crippen LogP contribution is -2.52. The Morgan fingerprint density at radius 3 is 2.41 bits per heavy atom. The van der Waals surface area contributed by atoms with Crippen LogP contribution in [0.25, 0.3) is 0 Å². The number of aryl methyl sites for hydroxylation is 1. The summed E-state index contributed by atoms with van der Waals surface area (Å²) in [5.74, 6) is 4.12. The van der Waals surface area contributed by atoms with Gasteiger partial charge in [0.15, 0.2) is 5.82 Å². The molecule has 5 N–H and O–H groups in total. The number of carbonyl (C=O) groups excluding carboxylic acids is 4. The van der Waals surface area contributed by atoms with Gasteiger partial charge in [0.05, 0.1) is 72.7 Å². The molecule has 2 saturated heterocycles. The van der Waals surface area contributed by atoms with Gasteiger partial charge in [-0.05, 0) is 119 Å². The average Bonchev–Trinajstić information content (AvgIpc) is 3.58. The summed E-state index contributed by atoms with van der Waals surface area (Å²) >= 11 is 6.57. The third-order valence-corrected chi connectivity index (χ3v) is 15.4. The lowest BCUT2D eigenvalue weighted by atomic mass is 9.86. The van der Waals surface area contributed by atoms with Gasteiger partial charge in [-0.3, -0.25) is 28.3 Å². The molecule has 19 heteroatoms. The number of nitrogens with zero attached hydrogens (tertiary/aromatic N) is 4. The second-order valence-corrected chi connectivity index (χ2v) is 21.2. The average molecular weight is 987 g/mol. The second-order valence-electron chi connectivity index (χ2n) is 18.0. The summed E-state index contributed by atoms with van der Waals surface area (Å²) in [5, 5.41) is 15.3. The third-order valence-electron chi connectivity index (χ3n) is 12.5. The molecule has 69 heavy (non-hydrogen) atoms. The quantitative estimate of drug-likeness (QED) is 0.0324. The molecular weight excluding hydrogens is 922 g/mol. The molecule has 0 bridgehead atoms. The molecular formula is C50H64ClN9O8S. The van der Waals surface area contributed by atoms with Crippen molar-refractivity contribution in [2.24, 2.45) is 0 Å². The van der Waals surface area contributed by atoms with Gasteiger partial charge in [-0.25, -0.2) is 4.98 Å². The summed E-state index contributed by atoms with van der Waals surface area (Å²) in [6, 6.07) is 15.6. The fraction of sp³-hybridized carbons (Fsp3) is 0.460. The minimum Gasteiger partial charge on any atom is -0.489 e. The first-order valence-corrected chi connectivity index (χ1v) is 25.8. The first-order chi connectivity index (χ1) is 33.1. The van der Waals surface area contributed by atoms with E-state index in [1.807, 2.05) is 52.0 Å². The number of halogens is 1. The van der Waals surface area contributed by atoms with Crippen LogP contribution in [0.2, 0.25) is 5.02 Å². The summed E-state index contributed by atoms with van der Waals surface area (Å²) in [7, 11) is -2.58. The first-order valence-electron chi connectivity index (χ1n) is 23.6. The van der Waals surface area contributed by atoms with Crippen molar-refractivity contribution in [2.45, 2.75) is 88.5 Å². The Kier molecular flexibility index (Phi) is 17.2. The van der Waals surface area contributed by atoms with Gasteiger partial charge in [0.2, 0.25) is 17.8 Å². The lowest BCUT2D eigenvalue weighted by Gasteiger charge is -2.33. The number of anilines is 5. The maximum absolute atomic E-state index is 13.5. The number of imide groups is 1. The van der Waals surface area contributed by atoms with Crippen molar-refractivity contribution in [1.29, 1.82) is 0 Å². The van der Waals surface area contributed by atoms with Crippen LogP contribution in [0.5, 0.6) is 5.75 Å². The van der Waals surface area contributed by atoms with Crippen molar-refractivity contribution in [3.05, 3.63) is 88.1 Å². The molecule has 0 radical (unpaired) electrons. The van der Waals surface area contributed by atoms with Gasteiger partial charge in [0, 0.05) is 40.1 Å². The number of nitrogens with one attached hydrogen (secondary N) is 5. The highest BCUT2D eigenvalue weighted by molar-refractivity contribution is 8.01. The van der Waals surface area contributed by atoms with E-state index in [1.165, 1.54) is 11.8 Å². The van der Waals surface area contributed by atoms with Gasteiger partial charge in [-0.2, -0.15) is 4.98 Å². The molecule has 4 amide bonds. The minimum atomic E-state index is -2.58. The summed E-state index contributed by atoms with van der Waals surface area (Å²) < 4.78 is 31.4. The highest BCUT2D eigenvalue weighted by atomic mass is 35.5. The fourth-order valence-electron chi connectivity index (χ4n) is 8.70. The predicted octanol–water partition coefficient (Wildman–Crippen LogP) is 6.51. The van der Waals surface area contributed by atoms with Crippen molar-refractivity contribution < 1.29 is 37.6 Å². The number of carbonyl (C=O) groups is 4. The van der Waals surface area contributed by atoms with Crippen LogP contribution in [0.15, 0.2) is 65.7 Å². The number of piperidine rings is 2. The Morgan fingerprint density at radius 1 is 0.928 bits per heavy atom. The van der Waals surface area contributed by atoms with Crippen molar-refractivity contribution >= 4 is 79.5 Å². The molecule has 17 nitrogen and oxygen atoms in total. The second kappa shape index (κ2) is 23.2. The monoisotopic (exact) mass is 985 g/mol. The predicted molar refractivity (Wildman–Crippen MR) is 270 cm³/mol.